The third kappa shape index (κ3) is 13.7. The van der Waals surface area contributed by atoms with Crippen LogP contribution in [0.25, 0.3) is 0 Å². The van der Waals surface area contributed by atoms with E-state index in [4.69, 9.17) is 46.1 Å². The van der Waals surface area contributed by atoms with Crippen molar-refractivity contribution in [3.8, 4) is 0 Å². The van der Waals surface area contributed by atoms with Gasteiger partial charge in [-0.15, -0.1) is 0 Å². The predicted octanol–water partition coefficient (Wildman–Crippen LogP) is 3.47. The summed E-state index contributed by atoms with van der Waals surface area (Å²) in [6.45, 7) is 14.8. The van der Waals surface area contributed by atoms with E-state index >= 15 is 0 Å². The van der Waals surface area contributed by atoms with E-state index in [1.807, 2.05) is 41.5 Å². The molecular formula is C18H42O9S2Si2. The molecule has 0 spiro atoms. The molecule has 0 atom stereocenters. The topological polar surface area (TPSA) is 90.9 Å². The van der Waals surface area contributed by atoms with Gasteiger partial charge in [-0.3, -0.25) is 8.37 Å². The van der Waals surface area contributed by atoms with Crippen molar-refractivity contribution in [1.29, 1.82) is 0 Å². The maximum absolute atomic E-state index is 12.4. The van der Waals surface area contributed by atoms with Crippen molar-refractivity contribution in [1.82, 2.24) is 0 Å². The van der Waals surface area contributed by atoms with Gasteiger partial charge in [-0.2, -0.15) is 4.21 Å². The largest absolute Gasteiger partial charge is 0.501 e. The summed E-state index contributed by atoms with van der Waals surface area (Å²) in [5.74, 6) is 0. The number of rotatable bonds is 22. The summed E-state index contributed by atoms with van der Waals surface area (Å²) < 4.78 is 57.8. The normalized spacial score (nSPS) is 13.1. The van der Waals surface area contributed by atoms with Gasteiger partial charge in [0.05, 0.1) is 13.2 Å². The van der Waals surface area contributed by atoms with Crippen LogP contribution in [-0.4, -0.2) is 74.7 Å². The zero-order valence-corrected chi connectivity index (χ0v) is 23.6. The van der Waals surface area contributed by atoms with Gasteiger partial charge in [-0.05, 0) is 54.4 Å². The monoisotopic (exact) mass is 522 g/mol. The van der Waals surface area contributed by atoms with Gasteiger partial charge >= 0.3 is 17.6 Å². The van der Waals surface area contributed by atoms with Crippen molar-refractivity contribution in [2.24, 2.45) is 0 Å². The summed E-state index contributed by atoms with van der Waals surface area (Å²) in [4.78, 5) is 0. The molecule has 0 aliphatic rings. The predicted molar refractivity (Wildman–Crippen MR) is 128 cm³/mol. The molecule has 0 heterocycles. The molecular weight excluding hydrogens is 480 g/mol. The minimum Gasteiger partial charge on any atom is -0.374 e. The average Bonchev–Trinajstić information content (AvgIpc) is 2.70. The lowest BCUT2D eigenvalue weighted by molar-refractivity contribution is 0.0695. The van der Waals surface area contributed by atoms with Crippen LogP contribution in [0.2, 0.25) is 12.1 Å². The van der Waals surface area contributed by atoms with Crippen LogP contribution in [0.15, 0.2) is 0 Å². The average molecular weight is 523 g/mol. The van der Waals surface area contributed by atoms with Gasteiger partial charge in [0.25, 0.3) is 9.05 Å². The molecule has 0 aromatic rings. The van der Waals surface area contributed by atoms with Crippen molar-refractivity contribution < 1.29 is 39.1 Å². The van der Waals surface area contributed by atoms with Gasteiger partial charge in [0.1, 0.15) is 0 Å². The molecule has 0 fully saturated rings. The first-order chi connectivity index (χ1) is 14.8. The second-order valence-electron chi connectivity index (χ2n) is 6.22. The second kappa shape index (κ2) is 17.9. The summed E-state index contributed by atoms with van der Waals surface area (Å²) in [6.07, 6.45) is 1.08. The van der Waals surface area contributed by atoms with Crippen LogP contribution in [-0.2, 0) is 55.2 Å². The molecule has 0 aromatic heterocycles. The van der Waals surface area contributed by atoms with Crippen molar-refractivity contribution in [2.45, 2.75) is 66.5 Å². The standard InChI is InChI=1S/C18H42O9S2Si2/c1-7-22-30(23-8-2,24-9-3)17-13-15-20-29(19,28)21-16-14-18-31(25-10-4,26-11-5)27-12-6/h7-18H2,1-6H3. The maximum atomic E-state index is 12.4. The smallest absolute Gasteiger partial charge is 0.374 e. The summed E-state index contributed by atoms with van der Waals surface area (Å²) >= 11 is 4.98. The highest BCUT2D eigenvalue weighted by molar-refractivity contribution is 8.27. The molecule has 0 N–H and O–H groups in total. The van der Waals surface area contributed by atoms with Gasteiger partial charge in [0, 0.05) is 62.9 Å². The van der Waals surface area contributed by atoms with Crippen molar-refractivity contribution >= 4 is 37.9 Å². The molecule has 0 bridgehead atoms. The Morgan fingerprint density at radius 1 is 0.581 bits per heavy atom. The van der Waals surface area contributed by atoms with E-state index in [0.29, 0.717) is 64.6 Å². The fourth-order valence-corrected chi connectivity index (χ4v) is 9.22. The van der Waals surface area contributed by atoms with Gasteiger partial charge in [-0.25, -0.2) is 0 Å². The molecule has 0 aromatic carbocycles. The Balaban J connectivity index is 4.49. The lowest BCUT2D eigenvalue weighted by Crippen LogP contribution is -2.46. The molecule has 0 amide bonds. The number of hydrogen-bond donors (Lipinski definition) is 0. The van der Waals surface area contributed by atoms with Crippen molar-refractivity contribution in [3.05, 3.63) is 0 Å². The van der Waals surface area contributed by atoms with E-state index in [-0.39, 0.29) is 13.2 Å². The van der Waals surface area contributed by atoms with Gasteiger partial charge in [-0.1, -0.05) is 0 Å². The lowest BCUT2D eigenvalue weighted by Gasteiger charge is -2.28. The maximum Gasteiger partial charge on any atom is 0.501 e. The Labute approximate surface area is 196 Å². The number of hydrogen-bond acceptors (Lipinski definition) is 10. The van der Waals surface area contributed by atoms with E-state index in [1.54, 1.807) is 0 Å². The van der Waals surface area contributed by atoms with E-state index in [2.05, 4.69) is 0 Å². The second-order valence-corrected chi connectivity index (χ2v) is 14.2. The minimum absolute atomic E-state index is 0.166. The quantitative estimate of drug-likeness (QED) is 0.155. The van der Waals surface area contributed by atoms with Crippen LogP contribution in [0.4, 0.5) is 0 Å². The third-order valence-electron chi connectivity index (χ3n) is 3.90. The fraction of sp³-hybridized carbons (Fsp3) is 1.00. The van der Waals surface area contributed by atoms with E-state index in [0.717, 1.165) is 0 Å². The van der Waals surface area contributed by atoms with Crippen LogP contribution in [0.1, 0.15) is 54.4 Å². The molecule has 188 valence electrons. The van der Waals surface area contributed by atoms with Gasteiger partial charge in [0.15, 0.2) is 0 Å². The van der Waals surface area contributed by atoms with Crippen LogP contribution >= 0.6 is 0 Å². The highest BCUT2D eigenvalue weighted by Crippen LogP contribution is 2.20. The molecule has 0 aliphatic carbocycles. The van der Waals surface area contributed by atoms with Crippen LogP contribution in [0.5, 0.6) is 0 Å². The van der Waals surface area contributed by atoms with E-state index in [9.17, 15) is 4.21 Å². The Kier molecular flexibility index (Phi) is 18.2. The van der Waals surface area contributed by atoms with E-state index < -0.39 is 26.7 Å². The molecule has 13 heteroatoms. The van der Waals surface area contributed by atoms with Crippen LogP contribution < -0.4 is 0 Å². The molecule has 31 heavy (non-hydrogen) atoms. The Bertz CT molecular complexity index is 464. The zero-order chi connectivity index (χ0) is 23.6. The first-order valence-electron chi connectivity index (χ1n) is 11.2. The molecule has 0 rings (SSSR count). The molecule has 0 radical (unpaired) electrons. The van der Waals surface area contributed by atoms with Crippen molar-refractivity contribution in [3.63, 3.8) is 0 Å². The Hall–Kier alpha value is 0.484. The summed E-state index contributed by atoms with van der Waals surface area (Å²) in [5, 5.41) is 0. The summed E-state index contributed by atoms with van der Waals surface area (Å²) in [7, 11) is -8.78. The fourth-order valence-electron chi connectivity index (χ4n) is 2.94. The highest BCUT2D eigenvalue weighted by Gasteiger charge is 2.40. The first-order valence-corrected chi connectivity index (χ1v) is 17.3. The first kappa shape index (κ1) is 31.5. The van der Waals surface area contributed by atoms with E-state index in [1.165, 1.54) is 0 Å². The molecule has 0 aliphatic heterocycles. The van der Waals surface area contributed by atoms with Gasteiger partial charge in [0.2, 0.25) is 0 Å². The van der Waals surface area contributed by atoms with Gasteiger partial charge < -0.3 is 26.6 Å². The van der Waals surface area contributed by atoms with Crippen LogP contribution in [0.3, 0.4) is 0 Å². The third-order valence-corrected chi connectivity index (χ3v) is 11.7. The highest BCUT2D eigenvalue weighted by atomic mass is 32.9. The SMILES string of the molecule is CCO[Si](CCCOS(=O)(=S)OCCC[Si](OCC)(OCC)OCC)(OCC)OCC. The zero-order valence-electron chi connectivity index (χ0n) is 20.0. The summed E-state index contributed by atoms with van der Waals surface area (Å²) in [5.41, 5.74) is 0. The Morgan fingerprint density at radius 2 is 0.839 bits per heavy atom. The summed E-state index contributed by atoms with van der Waals surface area (Å²) in [6, 6.07) is 1.11. The molecule has 0 saturated carbocycles. The minimum atomic E-state index is -3.27. The van der Waals surface area contributed by atoms with Crippen LogP contribution in [0, 0.1) is 0 Å². The molecule has 0 unspecified atom stereocenters. The Morgan fingerprint density at radius 3 is 1.06 bits per heavy atom. The molecule has 9 nitrogen and oxygen atoms in total. The van der Waals surface area contributed by atoms with Crippen molar-refractivity contribution in [2.75, 3.05) is 52.9 Å². The lowest BCUT2D eigenvalue weighted by atomic mass is 10.5. The molecule has 0 saturated heterocycles.